The third-order valence-corrected chi connectivity index (χ3v) is 7.69. The Bertz CT molecular complexity index is 1350. The van der Waals surface area contributed by atoms with Gasteiger partial charge < -0.3 is 5.32 Å². The van der Waals surface area contributed by atoms with E-state index in [-0.39, 0.29) is 11.4 Å². The molecule has 1 aliphatic rings. The van der Waals surface area contributed by atoms with Crippen LogP contribution < -0.4 is 9.62 Å². The molecule has 0 spiro atoms. The minimum atomic E-state index is -4.16. The lowest BCUT2D eigenvalue weighted by molar-refractivity contribution is -0.112. The quantitative estimate of drug-likeness (QED) is 0.501. The summed E-state index contributed by atoms with van der Waals surface area (Å²) < 4.78 is 28.6. The van der Waals surface area contributed by atoms with Gasteiger partial charge in [0.1, 0.15) is 0 Å². The lowest BCUT2D eigenvalue weighted by Crippen LogP contribution is -2.39. The van der Waals surface area contributed by atoms with Gasteiger partial charge in [-0.2, -0.15) is 0 Å². The van der Waals surface area contributed by atoms with E-state index in [1.165, 1.54) is 4.31 Å². The van der Waals surface area contributed by atoms with Gasteiger partial charge in [-0.3, -0.25) is 9.10 Å². The number of benzene rings is 3. The molecule has 0 aliphatic carbocycles. The van der Waals surface area contributed by atoms with Crippen molar-refractivity contribution in [1.82, 2.24) is 0 Å². The highest BCUT2D eigenvalue weighted by Gasteiger charge is 2.41. The highest BCUT2D eigenvalue weighted by molar-refractivity contribution is 7.97. The average molecular weight is 487 g/mol. The van der Waals surface area contributed by atoms with E-state index in [9.17, 15) is 13.2 Å². The first-order valence-electron chi connectivity index (χ1n) is 9.94. The zero-order valence-corrected chi connectivity index (χ0v) is 19.7. The van der Waals surface area contributed by atoms with Gasteiger partial charge in [0.05, 0.1) is 5.69 Å². The topological polar surface area (TPSA) is 66.5 Å². The molecular formula is C24H20Cl2N2O3S. The molecule has 3 aromatic carbocycles. The number of hydrogen-bond donors (Lipinski definition) is 1. The Morgan fingerprint density at radius 1 is 0.969 bits per heavy atom. The van der Waals surface area contributed by atoms with Crippen molar-refractivity contribution in [3.8, 4) is 0 Å². The fraction of sp³-hybridized carbons (Fsp3) is 0.125. The molecule has 0 atom stereocenters. The molecule has 0 saturated carbocycles. The second-order valence-corrected chi connectivity index (χ2v) is 9.99. The number of nitrogens with zero attached hydrogens (tertiary/aromatic N) is 1. The maximum absolute atomic E-state index is 13.7. The standard InChI is InChI=1S/C24H20Cl2N2O3S/c1-3-28-21-12-11-17(25)13-19(21)22(16-7-5-4-6-8-16)23(32(28,30)31)24(29)27-20-14-18(26)10-9-15(20)2/h4-14H,3H2,1-2H3,(H,27,29). The summed E-state index contributed by atoms with van der Waals surface area (Å²) in [5.41, 5.74) is 3.17. The summed E-state index contributed by atoms with van der Waals surface area (Å²) >= 11 is 12.4. The minimum Gasteiger partial charge on any atom is -0.321 e. The fourth-order valence-corrected chi connectivity index (χ4v) is 5.88. The summed E-state index contributed by atoms with van der Waals surface area (Å²) in [6.45, 7) is 3.69. The van der Waals surface area contributed by atoms with Crippen molar-refractivity contribution in [2.75, 3.05) is 16.2 Å². The van der Waals surface area contributed by atoms with E-state index >= 15 is 0 Å². The number of sulfonamides is 1. The number of halogens is 2. The second kappa shape index (κ2) is 8.62. The van der Waals surface area contributed by atoms with Crippen molar-refractivity contribution in [1.29, 1.82) is 0 Å². The number of hydrogen-bond acceptors (Lipinski definition) is 3. The number of anilines is 2. The highest BCUT2D eigenvalue weighted by atomic mass is 35.5. The van der Waals surface area contributed by atoms with Crippen LogP contribution in [0.5, 0.6) is 0 Å². The van der Waals surface area contributed by atoms with Gasteiger partial charge in [-0.1, -0.05) is 59.6 Å². The Hall–Kier alpha value is -2.80. The molecule has 32 heavy (non-hydrogen) atoms. The van der Waals surface area contributed by atoms with Gasteiger partial charge in [-0.05, 0) is 55.3 Å². The molecule has 3 aromatic rings. The van der Waals surface area contributed by atoms with Gasteiger partial charge in [0.15, 0.2) is 4.91 Å². The van der Waals surface area contributed by atoms with Crippen molar-refractivity contribution in [2.45, 2.75) is 13.8 Å². The van der Waals surface area contributed by atoms with Crippen LogP contribution in [-0.2, 0) is 14.8 Å². The first kappa shape index (κ1) is 22.4. The predicted molar refractivity (Wildman–Crippen MR) is 131 cm³/mol. The van der Waals surface area contributed by atoms with E-state index in [4.69, 9.17) is 23.2 Å². The van der Waals surface area contributed by atoms with Crippen LogP contribution in [0.15, 0.2) is 71.6 Å². The Kier molecular flexibility index (Phi) is 6.03. The van der Waals surface area contributed by atoms with Crippen LogP contribution in [0.1, 0.15) is 23.6 Å². The van der Waals surface area contributed by atoms with Crippen molar-refractivity contribution in [3.63, 3.8) is 0 Å². The van der Waals surface area contributed by atoms with E-state index in [1.54, 1.807) is 74.5 Å². The molecule has 1 aliphatic heterocycles. The smallest absolute Gasteiger partial charge is 0.270 e. The Morgan fingerprint density at radius 3 is 2.31 bits per heavy atom. The number of amides is 1. The third-order valence-electron chi connectivity index (χ3n) is 5.28. The molecule has 1 N–H and O–H groups in total. The van der Waals surface area contributed by atoms with Gasteiger partial charge in [0, 0.05) is 33.4 Å². The second-order valence-electron chi connectivity index (χ2n) is 7.31. The van der Waals surface area contributed by atoms with Gasteiger partial charge in [0.25, 0.3) is 15.9 Å². The zero-order valence-electron chi connectivity index (χ0n) is 17.4. The highest BCUT2D eigenvalue weighted by Crippen LogP contribution is 2.44. The number of nitrogens with one attached hydrogen (secondary N) is 1. The molecule has 0 fully saturated rings. The number of fused-ring (bicyclic) bond motifs is 1. The first-order chi connectivity index (χ1) is 15.2. The zero-order chi connectivity index (χ0) is 23.0. The summed E-state index contributed by atoms with van der Waals surface area (Å²) in [6.07, 6.45) is 0. The third kappa shape index (κ3) is 3.90. The molecule has 0 unspecified atom stereocenters. The molecule has 0 radical (unpaired) electrons. The molecule has 5 nitrogen and oxygen atoms in total. The van der Waals surface area contributed by atoms with Gasteiger partial charge in [-0.25, -0.2) is 8.42 Å². The molecule has 0 bridgehead atoms. The van der Waals surface area contributed by atoms with E-state index in [0.717, 1.165) is 5.56 Å². The van der Waals surface area contributed by atoms with Crippen molar-refractivity contribution in [3.05, 3.63) is 98.4 Å². The van der Waals surface area contributed by atoms with Crippen molar-refractivity contribution in [2.24, 2.45) is 0 Å². The lowest BCUT2D eigenvalue weighted by atomic mass is 9.95. The number of carbonyl (C=O) groups is 1. The largest absolute Gasteiger partial charge is 0.321 e. The van der Waals surface area contributed by atoms with E-state index < -0.39 is 15.9 Å². The monoisotopic (exact) mass is 486 g/mol. The molecular weight excluding hydrogens is 467 g/mol. The van der Waals surface area contributed by atoms with Crippen LogP contribution in [0.25, 0.3) is 5.57 Å². The van der Waals surface area contributed by atoms with E-state index in [1.807, 2.05) is 6.07 Å². The summed E-state index contributed by atoms with van der Waals surface area (Å²) in [6, 6.07) is 19.0. The van der Waals surface area contributed by atoms with Crippen LogP contribution >= 0.6 is 23.2 Å². The van der Waals surface area contributed by atoms with E-state index in [2.05, 4.69) is 5.32 Å². The van der Waals surface area contributed by atoms with Gasteiger partial charge >= 0.3 is 0 Å². The number of aryl methyl sites for hydroxylation is 1. The molecule has 0 aromatic heterocycles. The normalized spacial score (nSPS) is 14.8. The first-order valence-corrected chi connectivity index (χ1v) is 12.1. The molecule has 164 valence electrons. The Morgan fingerprint density at radius 2 is 1.62 bits per heavy atom. The molecule has 8 heteroatoms. The maximum atomic E-state index is 13.7. The van der Waals surface area contributed by atoms with Gasteiger partial charge in [-0.15, -0.1) is 0 Å². The average Bonchev–Trinajstić information content (AvgIpc) is 2.76. The number of carbonyl (C=O) groups excluding carboxylic acids is 1. The molecule has 1 heterocycles. The van der Waals surface area contributed by atoms with Gasteiger partial charge in [0.2, 0.25) is 0 Å². The summed E-state index contributed by atoms with van der Waals surface area (Å²) in [5, 5.41) is 3.62. The van der Waals surface area contributed by atoms with Crippen LogP contribution in [0, 0.1) is 6.92 Å². The SMILES string of the molecule is CCN1c2ccc(Cl)cc2C(c2ccccc2)=C(C(=O)Nc2cc(Cl)ccc2C)S1(=O)=O. The van der Waals surface area contributed by atoms with Crippen LogP contribution in [0.2, 0.25) is 10.0 Å². The summed E-state index contributed by atoms with van der Waals surface area (Å²) in [7, 11) is -4.16. The van der Waals surface area contributed by atoms with Crippen molar-refractivity contribution < 1.29 is 13.2 Å². The van der Waals surface area contributed by atoms with Crippen LogP contribution in [0.3, 0.4) is 0 Å². The lowest BCUT2D eigenvalue weighted by Gasteiger charge is -2.33. The van der Waals surface area contributed by atoms with E-state index in [0.29, 0.717) is 38.1 Å². The number of rotatable bonds is 4. The predicted octanol–water partition coefficient (Wildman–Crippen LogP) is 5.87. The fourth-order valence-electron chi connectivity index (χ4n) is 3.79. The Labute approximate surface area is 197 Å². The molecule has 1 amide bonds. The summed E-state index contributed by atoms with van der Waals surface area (Å²) in [4.78, 5) is 13.2. The molecule has 4 rings (SSSR count). The maximum Gasteiger partial charge on any atom is 0.270 e. The van der Waals surface area contributed by atoms with Crippen LogP contribution in [0.4, 0.5) is 11.4 Å². The molecule has 0 saturated heterocycles. The summed E-state index contributed by atoms with van der Waals surface area (Å²) in [5.74, 6) is -0.738. The minimum absolute atomic E-state index is 0.159. The van der Waals surface area contributed by atoms with Crippen molar-refractivity contribution >= 4 is 56.1 Å². The Balaban J connectivity index is 2.01. The van der Waals surface area contributed by atoms with Crippen LogP contribution in [-0.4, -0.2) is 20.9 Å².